The lowest BCUT2D eigenvalue weighted by molar-refractivity contribution is -0.123. The number of para-hydroxylation sites is 1. The summed E-state index contributed by atoms with van der Waals surface area (Å²) in [5.41, 5.74) is 14.2. The topological polar surface area (TPSA) is 103 Å². The van der Waals surface area contributed by atoms with Crippen molar-refractivity contribution in [1.29, 1.82) is 0 Å². The van der Waals surface area contributed by atoms with Crippen molar-refractivity contribution in [2.75, 3.05) is 18.6 Å². The average molecular weight is 453 g/mol. The van der Waals surface area contributed by atoms with Crippen LogP contribution >= 0.6 is 0 Å². The smallest absolute Gasteiger partial charge is 0.269 e. The SMILES string of the molecule is CN(CCCC1CC(c2ccc(F)cc2)NN1)C(=O)C1=NN(c2ccccc2)C(C(N)=O)C1. The third-order valence-corrected chi connectivity index (χ3v) is 6.15. The third-order valence-electron chi connectivity index (χ3n) is 6.15. The van der Waals surface area contributed by atoms with Gasteiger partial charge in [-0.25, -0.2) is 4.39 Å². The van der Waals surface area contributed by atoms with E-state index in [1.165, 1.54) is 17.1 Å². The van der Waals surface area contributed by atoms with Gasteiger partial charge in [0.15, 0.2) is 0 Å². The minimum absolute atomic E-state index is 0.137. The molecule has 1 saturated heterocycles. The molecule has 174 valence electrons. The van der Waals surface area contributed by atoms with Gasteiger partial charge in [-0.05, 0) is 49.1 Å². The van der Waals surface area contributed by atoms with E-state index in [9.17, 15) is 14.0 Å². The van der Waals surface area contributed by atoms with Gasteiger partial charge in [-0.1, -0.05) is 30.3 Å². The maximum atomic E-state index is 13.1. The number of rotatable bonds is 8. The number of hydrazone groups is 1. The van der Waals surface area contributed by atoms with Crippen molar-refractivity contribution in [3.63, 3.8) is 0 Å². The van der Waals surface area contributed by atoms with Crippen LogP contribution in [0.5, 0.6) is 0 Å². The highest BCUT2D eigenvalue weighted by Crippen LogP contribution is 2.26. The molecule has 2 aliphatic rings. The molecule has 0 aromatic heterocycles. The molecule has 4 N–H and O–H groups in total. The minimum atomic E-state index is -0.670. The second-order valence-electron chi connectivity index (χ2n) is 8.54. The van der Waals surface area contributed by atoms with Crippen LogP contribution in [0.1, 0.15) is 37.3 Å². The van der Waals surface area contributed by atoms with Crippen LogP contribution in [0.25, 0.3) is 0 Å². The summed E-state index contributed by atoms with van der Waals surface area (Å²) < 4.78 is 13.1. The number of primary amides is 1. The first-order valence-corrected chi connectivity index (χ1v) is 11.2. The van der Waals surface area contributed by atoms with Gasteiger partial charge in [-0.3, -0.25) is 25.4 Å². The minimum Gasteiger partial charge on any atom is -0.368 e. The van der Waals surface area contributed by atoms with E-state index in [1.807, 2.05) is 30.3 Å². The summed E-state index contributed by atoms with van der Waals surface area (Å²) in [6, 6.07) is 15.5. The first-order valence-electron chi connectivity index (χ1n) is 11.2. The molecule has 4 rings (SSSR count). The fourth-order valence-electron chi connectivity index (χ4n) is 4.30. The van der Waals surface area contributed by atoms with Crippen molar-refractivity contribution in [3.8, 4) is 0 Å². The molecule has 8 nitrogen and oxygen atoms in total. The number of nitrogens with one attached hydrogen (secondary N) is 2. The summed E-state index contributed by atoms with van der Waals surface area (Å²) in [5, 5.41) is 5.96. The van der Waals surface area contributed by atoms with Crippen LogP contribution in [0.15, 0.2) is 59.7 Å². The zero-order chi connectivity index (χ0) is 23.4. The molecule has 2 aliphatic heterocycles. The Labute approximate surface area is 192 Å². The maximum absolute atomic E-state index is 13.1. The van der Waals surface area contributed by atoms with E-state index >= 15 is 0 Å². The lowest BCUT2D eigenvalue weighted by Crippen LogP contribution is -2.40. The van der Waals surface area contributed by atoms with E-state index in [-0.39, 0.29) is 30.2 Å². The Morgan fingerprint density at radius 2 is 1.88 bits per heavy atom. The van der Waals surface area contributed by atoms with Gasteiger partial charge in [-0.15, -0.1) is 0 Å². The predicted molar refractivity (Wildman–Crippen MR) is 125 cm³/mol. The Balaban J connectivity index is 1.28. The Hall–Kier alpha value is -3.30. The quantitative estimate of drug-likeness (QED) is 0.569. The standard InChI is InChI=1S/C24H29FN6O2/c1-30(13-5-6-18-14-20(28-27-18)16-9-11-17(25)12-10-16)24(33)21-15-22(23(26)32)31(29-21)19-7-3-2-4-8-19/h2-4,7-12,18,20,22,27-28H,5-6,13-15H2,1H3,(H2,26,32). The second kappa shape index (κ2) is 10.1. The normalized spacial score (nSPS) is 22.3. The highest BCUT2D eigenvalue weighted by Gasteiger charge is 2.36. The zero-order valence-electron chi connectivity index (χ0n) is 18.6. The fourth-order valence-corrected chi connectivity index (χ4v) is 4.30. The summed E-state index contributed by atoms with van der Waals surface area (Å²) in [7, 11) is 1.75. The van der Waals surface area contributed by atoms with E-state index in [1.54, 1.807) is 24.1 Å². The lowest BCUT2D eigenvalue weighted by atomic mass is 9.99. The summed E-state index contributed by atoms with van der Waals surface area (Å²) in [5.74, 6) is -0.945. The molecule has 33 heavy (non-hydrogen) atoms. The van der Waals surface area contributed by atoms with Crippen molar-refractivity contribution < 1.29 is 14.0 Å². The summed E-state index contributed by atoms with van der Waals surface area (Å²) >= 11 is 0. The number of benzene rings is 2. The molecule has 3 atom stereocenters. The molecule has 2 aromatic carbocycles. The zero-order valence-corrected chi connectivity index (χ0v) is 18.6. The van der Waals surface area contributed by atoms with E-state index < -0.39 is 11.9 Å². The molecule has 0 radical (unpaired) electrons. The average Bonchev–Trinajstić information content (AvgIpc) is 3.47. The highest BCUT2D eigenvalue weighted by atomic mass is 19.1. The molecular weight excluding hydrogens is 423 g/mol. The van der Waals surface area contributed by atoms with Crippen molar-refractivity contribution in [2.24, 2.45) is 10.8 Å². The van der Waals surface area contributed by atoms with Gasteiger partial charge in [0, 0.05) is 32.1 Å². The molecule has 2 aromatic rings. The van der Waals surface area contributed by atoms with Gasteiger partial charge in [-0.2, -0.15) is 5.10 Å². The largest absolute Gasteiger partial charge is 0.368 e. The van der Waals surface area contributed by atoms with Crippen LogP contribution in [0.2, 0.25) is 0 Å². The van der Waals surface area contributed by atoms with Gasteiger partial charge >= 0.3 is 0 Å². The Bertz CT molecular complexity index is 1010. The van der Waals surface area contributed by atoms with Gasteiger partial charge in [0.25, 0.3) is 5.91 Å². The van der Waals surface area contributed by atoms with Crippen molar-refractivity contribution in [1.82, 2.24) is 15.8 Å². The summed E-state index contributed by atoms with van der Waals surface area (Å²) in [6.07, 6.45) is 2.78. The fraction of sp³-hybridized carbons (Fsp3) is 0.375. The van der Waals surface area contributed by atoms with Crippen molar-refractivity contribution in [3.05, 3.63) is 66.0 Å². The van der Waals surface area contributed by atoms with Gasteiger partial charge in [0.1, 0.15) is 17.6 Å². The molecular formula is C24H29FN6O2. The van der Waals surface area contributed by atoms with E-state index in [2.05, 4.69) is 16.0 Å². The second-order valence-corrected chi connectivity index (χ2v) is 8.54. The van der Waals surface area contributed by atoms with Crippen molar-refractivity contribution >= 4 is 23.2 Å². The molecule has 0 spiro atoms. The van der Waals surface area contributed by atoms with Crippen LogP contribution < -0.4 is 21.6 Å². The number of hydrogen-bond donors (Lipinski definition) is 3. The van der Waals surface area contributed by atoms with Crippen LogP contribution in [0.4, 0.5) is 10.1 Å². The molecule has 2 amide bonds. The number of anilines is 1. The Morgan fingerprint density at radius 1 is 1.15 bits per heavy atom. The third kappa shape index (κ3) is 5.37. The molecule has 0 saturated carbocycles. The number of amides is 2. The first kappa shape index (κ1) is 22.9. The van der Waals surface area contributed by atoms with Crippen LogP contribution in [-0.2, 0) is 9.59 Å². The number of nitrogens with zero attached hydrogens (tertiary/aromatic N) is 3. The number of carbonyl (C=O) groups is 2. The number of carbonyl (C=O) groups excluding carboxylic acids is 2. The lowest BCUT2D eigenvalue weighted by Gasteiger charge is -2.20. The van der Waals surface area contributed by atoms with Crippen molar-refractivity contribution in [2.45, 2.75) is 43.8 Å². The molecule has 1 fully saturated rings. The van der Waals surface area contributed by atoms with Crippen LogP contribution in [0, 0.1) is 5.82 Å². The van der Waals surface area contributed by atoms with E-state index in [0.29, 0.717) is 12.3 Å². The number of halogens is 1. The van der Waals surface area contributed by atoms with Gasteiger partial charge in [0.05, 0.1) is 5.69 Å². The Kier molecular flexibility index (Phi) is 7.00. The summed E-state index contributed by atoms with van der Waals surface area (Å²) in [4.78, 5) is 26.5. The van der Waals surface area contributed by atoms with Crippen LogP contribution in [0.3, 0.4) is 0 Å². The molecule has 2 heterocycles. The highest BCUT2D eigenvalue weighted by molar-refractivity contribution is 6.40. The predicted octanol–water partition coefficient (Wildman–Crippen LogP) is 2.09. The number of hydrogen-bond acceptors (Lipinski definition) is 6. The maximum Gasteiger partial charge on any atom is 0.269 e. The molecule has 3 unspecified atom stereocenters. The van der Waals surface area contributed by atoms with Gasteiger partial charge < -0.3 is 10.6 Å². The first-order chi connectivity index (χ1) is 15.9. The molecule has 9 heteroatoms. The summed E-state index contributed by atoms with van der Waals surface area (Å²) in [6.45, 7) is 0.573. The number of nitrogens with two attached hydrogens (primary N) is 1. The van der Waals surface area contributed by atoms with Crippen LogP contribution in [-0.4, -0.2) is 48.1 Å². The number of hydrazine groups is 1. The molecule has 0 aliphatic carbocycles. The Morgan fingerprint density at radius 3 is 2.58 bits per heavy atom. The van der Waals surface area contributed by atoms with E-state index in [0.717, 1.165) is 30.5 Å². The molecule has 0 bridgehead atoms. The van der Waals surface area contributed by atoms with Gasteiger partial charge in [0.2, 0.25) is 5.91 Å². The van der Waals surface area contributed by atoms with E-state index in [4.69, 9.17) is 5.73 Å². The monoisotopic (exact) mass is 452 g/mol.